The third-order valence-corrected chi connectivity index (χ3v) is 7.44. The van der Waals surface area contributed by atoms with Crippen LogP contribution in [0.1, 0.15) is 28.8 Å². The molecular weight excluding hydrogens is 516 g/mol. The van der Waals surface area contributed by atoms with Crippen molar-refractivity contribution < 1.29 is 14.4 Å². The van der Waals surface area contributed by atoms with Gasteiger partial charge in [-0.3, -0.25) is 14.4 Å². The SMILES string of the molecule is O=C(Nc1nc2ccc(C(=O)N3CCN(C(=O)/C=C/c4ccc(Br)cc4)CC3)cc2s1)C1CC1. The second kappa shape index (κ2) is 9.68. The first-order valence-electron chi connectivity index (χ1n) is 11.2. The van der Waals surface area contributed by atoms with Gasteiger partial charge in [0.15, 0.2) is 5.13 Å². The van der Waals surface area contributed by atoms with Crippen LogP contribution in [0.15, 0.2) is 53.0 Å². The van der Waals surface area contributed by atoms with Crippen LogP contribution < -0.4 is 5.32 Å². The van der Waals surface area contributed by atoms with Crippen LogP contribution in [0.25, 0.3) is 16.3 Å². The van der Waals surface area contributed by atoms with Crippen molar-refractivity contribution in [3.63, 3.8) is 0 Å². The topological polar surface area (TPSA) is 82.6 Å². The first-order valence-corrected chi connectivity index (χ1v) is 12.8. The molecule has 7 nitrogen and oxygen atoms in total. The molecule has 0 unspecified atom stereocenters. The van der Waals surface area contributed by atoms with E-state index in [1.807, 2.05) is 36.4 Å². The summed E-state index contributed by atoms with van der Waals surface area (Å²) >= 11 is 4.78. The van der Waals surface area contributed by atoms with Gasteiger partial charge >= 0.3 is 0 Å². The minimum atomic E-state index is -0.0589. The van der Waals surface area contributed by atoms with Gasteiger partial charge < -0.3 is 15.1 Å². The average Bonchev–Trinajstić information content (AvgIpc) is 3.63. The highest BCUT2D eigenvalue weighted by atomic mass is 79.9. The summed E-state index contributed by atoms with van der Waals surface area (Å²) in [5, 5.41) is 3.44. The number of hydrogen-bond donors (Lipinski definition) is 1. The van der Waals surface area contributed by atoms with E-state index in [4.69, 9.17) is 0 Å². The molecule has 1 aliphatic carbocycles. The number of thiazole rings is 1. The summed E-state index contributed by atoms with van der Waals surface area (Å²) in [6.07, 6.45) is 5.27. The fourth-order valence-electron chi connectivity index (χ4n) is 3.82. The molecular formula is C25H23BrN4O3S. The molecule has 3 amide bonds. The van der Waals surface area contributed by atoms with Gasteiger partial charge in [-0.05, 0) is 54.8 Å². The fourth-order valence-corrected chi connectivity index (χ4v) is 5.00. The summed E-state index contributed by atoms with van der Waals surface area (Å²) in [4.78, 5) is 45.6. The molecule has 2 heterocycles. The number of nitrogens with one attached hydrogen (secondary N) is 1. The number of benzene rings is 2. The van der Waals surface area contributed by atoms with Crippen LogP contribution in [0.5, 0.6) is 0 Å². The van der Waals surface area contributed by atoms with E-state index in [0.717, 1.165) is 33.1 Å². The molecule has 2 aliphatic rings. The second-order valence-electron chi connectivity index (χ2n) is 8.47. The summed E-state index contributed by atoms with van der Waals surface area (Å²) in [7, 11) is 0. The Balaban J connectivity index is 1.18. The Morgan fingerprint density at radius 1 is 1.00 bits per heavy atom. The number of anilines is 1. The number of aromatic nitrogens is 1. The third kappa shape index (κ3) is 5.20. The van der Waals surface area contributed by atoms with Crippen molar-refractivity contribution in [3.05, 3.63) is 64.1 Å². The van der Waals surface area contributed by atoms with E-state index >= 15 is 0 Å². The molecule has 1 saturated carbocycles. The van der Waals surface area contributed by atoms with Crippen molar-refractivity contribution in [1.29, 1.82) is 0 Å². The fraction of sp³-hybridized carbons (Fsp3) is 0.280. The third-order valence-electron chi connectivity index (χ3n) is 5.98. The van der Waals surface area contributed by atoms with Gasteiger partial charge in [-0.25, -0.2) is 4.98 Å². The van der Waals surface area contributed by atoms with Gasteiger partial charge in [0.05, 0.1) is 10.2 Å². The summed E-state index contributed by atoms with van der Waals surface area (Å²) in [6.45, 7) is 1.96. The lowest BCUT2D eigenvalue weighted by molar-refractivity contribution is -0.127. The summed E-state index contributed by atoms with van der Waals surface area (Å²) in [5.74, 6) is 0.0265. The van der Waals surface area contributed by atoms with E-state index in [-0.39, 0.29) is 23.6 Å². The molecule has 0 radical (unpaired) electrons. The molecule has 3 aromatic rings. The molecule has 34 heavy (non-hydrogen) atoms. The maximum absolute atomic E-state index is 13.1. The predicted octanol–water partition coefficient (Wildman–Crippen LogP) is 4.41. The van der Waals surface area contributed by atoms with Gasteiger partial charge in [0, 0.05) is 48.2 Å². The average molecular weight is 539 g/mol. The van der Waals surface area contributed by atoms with Crippen molar-refractivity contribution in [3.8, 4) is 0 Å². The Morgan fingerprint density at radius 2 is 1.71 bits per heavy atom. The number of hydrogen-bond acceptors (Lipinski definition) is 5. The molecule has 174 valence electrons. The molecule has 1 saturated heterocycles. The van der Waals surface area contributed by atoms with Crippen LogP contribution in [-0.2, 0) is 9.59 Å². The quantitative estimate of drug-likeness (QED) is 0.488. The van der Waals surface area contributed by atoms with Gasteiger partial charge in [-0.1, -0.05) is 39.4 Å². The largest absolute Gasteiger partial charge is 0.336 e. The van der Waals surface area contributed by atoms with Gasteiger partial charge in [-0.2, -0.15) is 0 Å². The van der Waals surface area contributed by atoms with E-state index in [0.29, 0.717) is 36.9 Å². The number of piperazine rings is 1. The Morgan fingerprint density at radius 3 is 2.41 bits per heavy atom. The molecule has 0 atom stereocenters. The monoisotopic (exact) mass is 538 g/mol. The van der Waals surface area contributed by atoms with Crippen LogP contribution in [-0.4, -0.2) is 58.7 Å². The highest BCUT2D eigenvalue weighted by Crippen LogP contribution is 2.32. The van der Waals surface area contributed by atoms with E-state index < -0.39 is 0 Å². The van der Waals surface area contributed by atoms with E-state index in [1.165, 1.54) is 11.3 Å². The number of rotatable bonds is 5. The molecule has 0 bridgehead atoms. The van der Waals surface area contributed by atoms with Crippen LogP contribution in [0.2, 0.25) is 0 Å². The predicted molar refractivity (Wildman–Crippen MR) is 137 cm³/mol. The van der Waals surface area contributed by atoms with Crippen LogP contribution in [0.4, 0.5) is 5.13 Å². The number of carbonyl (C=O) groups excluding carboxylic acids is 3. The number of amides is 3. The molecule has 1 aromatic heterocycles. The first-order chi connectivity index (χ1) is 16.5. The van der Waals surface area contributed by atoms with Crippen molar-refractivity contribution in [2.24, 2.45) is 5.92 Å². The number of carbonyl (C=O) groups is 3. The second-order valence-corrected chi connectivity index (χ2v) is 10.4. The van der Waals surface area contributed by atoms with E-state index in [1.54, 1.807) is 28.0 Å². The Bertz CT molecular complexity index is 1280. The summed E-state index contributed by atoms with van der Waals surface area (Å²) in [5.41, 5.74) is 2.31. The van der Waals surface area contributed by atoms with Crippen LogP contribution >= 0.6 is 27.3 Å². The number of fused-ring (bicyclic) bond motifs is 1. The van der Waals surface area contributed by atoms with E-state index in [2.05, 4.69) is 26.2 Å². The number of halogens is 1. The normalized spacial score (nSPS) is 16.3. The summed E-state index contributed by atoms with van der Waals surface area (Å²) < 4.78 is 1.86. The lowest BCUT2D eigenvalue weighted by Crippen LogP contribution is -2.50. The minimum Gasteiger partial charge on any atom is -0.336 e. The molecule has 1 aliphatic heterocycles. The van der Waals surface area contributed by atoms with Crippen molar-refractivity contribution >= 4 is 66.4 Å². The zero-order valence-electron chi connectivity index (χ0n) is 18.4. The highest BCUT2D eigenvalue weighted by Gasteiger charge is 2.30. The van der Waals surface area contributed by atoms with Crippen molar-refractivity contribution in [2.45, 2.75) is 12.8 Å². The van der Waals surface area contributed by atoms with E-state index in [9.17, 15) is 14.4 Å². The summed E-state index contributed by atoms with van der Waals surface area (Å²) in [6, 6.07) is 13.2. The molecule has 2 fully saturated rings. The standard InChI is InChI=1S/C25H23BrN4O3S/c26-19-7-1-16(2-8-19)3-10-22(31)29-11-13-30(14-12-29)24(33)18-6-9-20-21(15-18)34-25(27-20)28-23(32)17-4-5-17/h1-3,6-10,15,17H,4-5,11-14H2,(H,27,28,32)/b10-3+. The lowest BCUT2D eigenvalue weighted by Gasteiger charge is -2.34. The maximum atomic E-state index is 13.1. The van der Waals surface area contributed by atoms with Gasteiger partial charge in [0.25, 0.3) is 5.91 Å². The van der Waals surface area contributed by atoms with Gasteiger partial charge in [0.1, 0.15) is 0 Å². The Kier molecular flexibility index (Phi) is 6.47. The lowest BCUT2D eigenvalue weighted by atomic mass is 10.1. The van der Waals surface area contributed by atoms with Crippen LogP contribution in [0.3, 0.4) is 0 Å². The molecule has 5 rings (SSSR count). The minimum absolute atomic E-state index is 0.0226. The smallest absolute Gasteiger partial charge is 0.254 e. The maximum Gasteiger partial charge on any atom is 0.254 e. The van der Waals surface area contributed by atoms with Crippen molar-refractivity contribution in [1.82, 2.24) is 14.8 Å². The van der Waals surface area contributed by atoms with Crippen molar-refractivity contribution in [2.75, 3.05) is 31.5 Å². The van der Waals surface area contributed by atoms with Gasteiger partial charge in [0.2, 0.25) is 11.8 Å². The molecule has 0 spiro atoms. The first kappa shape index (κ1) is 22.7. The van der Waals surface area contributed by atoms with Crippen LogP contribution in [0, 0.1) is 5.92 Å². The molecule has 2 aromatic carbocycles. The molecule has 1 N–H and O–H groups in total. The Labute approximate surface area is 209 Å². The molecule has 9 heteroatoms. The number of nitrogens with zero attached hydrogens (tertiary/aromatic N) is 3. The Hall–Kier alpha value is -3.04. The highest BCUT2D eigenvalue weighted by molar-refractivity contribution is 9.10. The zero-order valence-corrected chi connectivity index (χ0v) is 20.8. The van der Waals surface area contributed by atoms with Gasteiger partial charge in [-0.15, -0.1) is 0 Å². The zero-order chi connectivity index (χ0) is 23.7.